The third kappa shape index (κ3) is 3.61. The van der Waals surface area contributed by atoms with E-state index in [2.05, 4.69) is 21.9 Å². The summed E-state index contributed by atoms with van der Waals surface area (Å²) >= 11 is 3.14. The Balaban J connectivity index is 2.48. The number of hydrogen-bond donors (Lipinski definition) is 0. The molecule has 0 amide bonds. The Hall–Kier alpha value is -1.43. The molecule has 1 aliphatic carbocycles. The van der Waals surface area contributed by atoms with Gasteiger partial charge in [0, 0.05) is 17.1 Å². The quantitative estimate of drug-likeness (QED) is 0.436. The fraction of sp³-hybridized carbons (Fsp3) is 0.385. The van der Waals surface area contributed by atoms with Gasteiger partial charge in [0.2, 0.25) is 0 Å². The van der Waals surface area contributed by atoms with E-state index < -0.39 is 20.6 Å². The van der Waals surface area contributed by atoms with Crippen molar-refractivity contribution in [2.24, 2.45) is 5.92 Å². The second-order valence-corrected chi connectivity index (χ2v) is 7.64. The zero-order chi connectivity index (χ0) is 15.6. The number of sulfonamides is 1. The van der Waals surface area contributed by atoms with Crippen LogP contribution in [0.5, 0.6) is 0 Å². The Bertz CT molecular complexity index is 707. The standard InChI is InChI=1S/C13H13BrN2O4S/c1-2-7-15(9-10-3-4-10)21(19,20)13-8-11(14)5-6-12(13)16(17)18/h1,5-6,8,10H,3-4,7,9H2. The molecule has 1 aliphatic rings. The van der Waals surface area contributed by atoms with E-state index in [9.17, 15) is 18.5 Å². The van der Waals surface area contributed by atoms with Crippen molar-refractivity contribution in [2.45, 2.75) is 17.7 Å². The zero-order valence-electron chi connectivity index (χ0n) is 11.0. The fourth-order valence-electron chi connectivity index (χ4n) is 1.92. The number of nitro benzene ring substituents is 1. The molecule has 0 unspecified atom stereocenters. The number of terminal acetylenes is 1. The molecule has 1 aromatic rings. The van der Waals surface area contributed by atoms with Gasteiger partial charge in [-0.05, 0) is 30.9 Å². The summed E-state index contributed by atoms with van der Waals surface area (Å²) in [4.78, 5) is 10.0. The lowest BCUT2D eigenvalue weighted by Crippen LogP contribution is -2.33. The lowest BCUT2D eigenvalue weighted by Gasteiger charge is -2.19. The molecule has 6 nitrogen and oxygen atoms in total. The molecule has 1 fully saturated rings. The number of benzene rings is 1. The molecule has 0 spiro atoms. The van der Waals surface area contributed by atoms with Crippen LogP contribution >= 0.6 is 15.9 Å². The molecule has 112 valence electrons. The number of nitrogens with zero attached hydrogens (tertiary/aromatic N) is 2. The van der Waals surface area contributed by atoms with Gasteiger partial charge in [-0.15, -0.1) is 6.42 Å². The minimum Gasteiger partial charge on any atom is -0.258 e. The molecule has 1 saturated carbocycles. The van der Waals surface area contributed by atoms with Gasteiger partial charge in [0.05, 0.1) is 11.5 Å². The second-order valence-electron chi connectivity index (χ2n) is 4.81. The van der Waals surface area contributed by atoms with Crippen molar-refractivity contribution in [1.29, 1.82) is 0 Å². The van der Waals surface area contributed by atoms with Gasteiger partial charge in [-0.3, -0.25) is 10.1 Å². The lowest BCUT2D eigenvalue weighted by molar-refractivity contribution is -0.387. The highest BCUT2D eigenvalue weighted by Gasteiger charge is 2.35. The van der Waals surface area contributed by atoms with E-state index in [4.69, 9.17) is 6.42 Å². The molecular weight excluding hydrogens is 360 g/mol. The van der Waals surface area contributed by atoms with E-state index in [1.165, 1.54) is 18.2 Å². The van der Waals surface area contributed by atoms with Gasteiger partial charge in [0.25, 0.3) is 15.7 Å². The molecular formula is C13H13BrN2O4S. The van der Waals surface area contributed by atoms with Gasteiger partial charge in [-0.1, -0.05) is 21.9 Å². The maximum absolute atomic E-state index is 12.7. The van der Waals surface area contributed by atoms with Crippen molar-refractivity contribution in [1.82, 2.24) is 4.31 Å². The predicted molar refractivity (Wildman–Crippen MR) is 81.1 cm³/mol. The van der Waals surface area contributed by atoms with E-state index in [0.717, 1.165) is 17.1 Å². The number of hydrogen-bond acceptors (Lipinski definition) is 4. The van der Waals surface area contributed by atoms with Gasteiger partial charge >= 0.3 is 0 Å². The van der Waals surface area contributed by atoms with Crippen LogP contribution in [0.1, 0.15) is 12.8 Å². The highest BCUT2D eigenvalue weighted by Crippen LogP contribution is 2.34. The molecule has 0 saturated heterocycles. The average molecular weight is 373 g/mol. The molecule has 0 bridgehead atoms. The van der Waals surface area contributed by atoms with Crippen LogP contribution in [-0.4, -0.2) is 30.7 Å². The summed E-state index contributed by atoms with van der Waals surface area (Å²) in [5, 5.41) is 11.1. The smallest absolute Gasteiger partial charge is 0.258 e. The maximum atomic E-state index is 12.7. The molecule has 8 heteroatoms. The molecule has 0 N–H and O–H groups in total. The SMILES string of the molecule is C#CCN(CC1CC1)S(=O)(=O)c1cc(Br)ccc1[N+](=O)[O-]. The van der Waals surface area contributed by atoms with Crippen LogP contribution in [-0.2, 0) is 10.0 Å². The monoisotopic (exact) mass is 372 g/mol. The summed E-state index contributed by atoms with van der Waals surface area (Å²) in [6.07, 6.45) is 7.14. The first kappa shape index (κ1) is 15.9. The van der Waals surface area contributed by atoms with Gasteiger partial charge < -0.3 is 0 Å². The highest BCUT2D eigenvalue weighted by molar-refractivity contribution is 9.10. The van der Waals surface area contributed by atoms with Crippen LogP contribution in [0.15, 0.2) is 27.6 Å². The molecule has 0 aliphatic heterocycles. The maximum Gasteiger partial charge on any atom is 0.289 e. The van der Waals surface area contributed by atoms with Gasteiger partial charge in [0.15, 0.2) is 4.90 Å². The summed E-state index contributed by atoms with van der Waals surface area (Å²) in [6, 6.07) is 3.84. The van der Waals surface area contributed by atoms with Crippen molar-refractivity contribution >= 4 is 31.6 Å². The number of nitro groups is 1. The van der Waals surface area contributed by atoms with E-state index >= 15 is 0 Å². The summed E-state index contributed by atoms with van der Waals surface area (Å²) in [6.45, 7) is 0.207. The Morgan fingerprint density at radius 1 is 1.48 bits per heavy atom. The average Bonchev–Trinajstić information content (AvgIpc) is 3.21. The Morgan fingerprint density at radius 3 is 2.67 bits per heavy atom. The molecule has 2 rings (SSSR count). The van der Waals surface area contributed by atoms with Crippen LogP contribution in [0.4, 0.5) is 5.69 Å². The molecule has 0 radical (unpaired) electrons. The first-order chi connectivity index (χ1) is 9.86. The number of rotatable bonds is 6. The zero-order valence-corrected chi connectivity index (χ0v) is 13.4. The molecule has 21 heavy (non-hydrogen) atoms. The van der Waals surface area contributed by atoms with Crippen LogP contribution in [0.25, 0.3) is 0 Å². The fourth-order valence-corrected chi connectivity index (χ4v) is 4.05. The van der Waals surface area contributed by atoms with Crippen LogP contribution in [0, 0.1) is 28.4 Å². The highest BCUT2D eigenvalue weighted by atomic mass is 79.9. The Labute approximate surface area is 131 Å². The minimum absolute atomic E-state index is 0.0947. The predicted octanol–water partition coefficient (Wildman–Crippen LogP) is 2.39. The van der Waals surface area contributed by atoms with Crippen molar-refractivity contribution in [3.8, 4) is 12.3 Å². The van der Waals surface area contributed by atoms with Crippen LogP contribution in [0.3, 0.4) is 0 Å². The first-order valence-electron chi connectivity index (χ1n) is 6.24. The Kier molecular flexibility index (Phi) is 4.66. The summed E-state index contributed by atoms with van der Waals surface area (Å²) < 4.78 is 26.9. The normalized spacial score (nSPS) is 14.9. The van der Waals surface area contributed by atoms with E-state index in [1.807, 2.05) is 0 Å². The molecule has 1 aromatic carbocycles. The molecule has 0 atom stereocenters. The number of halogens is 1. The molecule has 0 aromatic heterocycles. The first-order valence-corrected chi connectivity index (χ1v) is 8.47. The van der Waals surface area contributed by atoms with Crippen LogP contribution < -0.4 is 0 Å². The summed E-state index contributed by atoms with van der Waals surface area (Å²) in [7, 11) is -4.00. The van der Waals surface area contributed by atoms with Crippen molar-refractivity contribution < 1.29 is 13.3 Å². The van der Waals surface area contributed by atoms with Gasteiger partial charge in [0.1, 0.15) is 0 Å². The molecule has 0 heterocycles. The summed E-state index contributed by atoms with van der Waals surface area (Å²) in [5.41, 5.74) is -0.448. The second kappa shape index (κ2) is 6.13. The lowest BCUT2D eigenvalue weighted by atomic mass is 10.3. The summed E-state index contributed by atoms with van der Waals surface area (Å²) in [5.74, 6) is 2.60. The van der Waals surface area contributed by atoms with E-state index in [1.54, 1.807) is 0 Å². The topological polar surface area (TPSA) is 80.5 Å². The van der Waals surface area contributed by atoms with Gasteiger partial charge in [-0.2, -0.15) is 4.31 Å². The van der Waals surface area contributed by atoms with E-state index in [-0.39, 0.29) is 11.4 Å². The Morgan fingerprint density at radius 2 is 2.14 bits per heavy atom. The van der Waals surface area contributed by atoms with Crippen molar-refractivity contribution in [3.05, 3.63) is 32.8 Å². The largest absolute Gasteiger partial charge is 0.289 e. The van der Waals surface area contributed by atoms with Crippen LogP contribution in [0.2, 0.25) is 0 Å². The van der Waals surface area contributed by atoms with E-state index in [0.29, 0.717) is 16.9 Å². The van der Waals surface area contributed by atoms with Crippen molar-refractivity contribution in [3.63, 3.8) is 0 Å². The third-order valence-corrected chi connectivity index (χ3v) is 5.50. The third-order valence-electron chi connectivity index (χ3n) is 3.16. The van der Waals surface area contributed by atoms with Crippen molar-refractivity contribution in [2.75, 3.05) is 13.1 Å². The minimum atomic E-state index is -4.00. The van der Waals surface area contributed by atoms with Gasteiger partial charge in [-0.25, -0.2) is 8.42 Å².